The van der Waals surface area contributed by atoms with E-state index in [1.807, 2.05) is 0 Å². The van der Waals surface area contributed by atoms with Crippen LogP contribution in [0.3, 0.4) is 0 Å². The van der Waals surface area contributed by atoms with Gasteiger partial charge in [0, 0.05) is 6.04 Å². The maximum atomic E-state index is 5.82. The number of hydrogen-bond acceptors (Lipinski definition) is 4. The van der Waals surface area contributed by atoms with E-state index < -0.39 is 0 Å². The second-order valence-corrected chi connectivity index (χ2v) is 4.26. The van der Waals surface area contributed by atoms with E-state index in [0.29, 0.717) is 22.7 Å². The summed E-state index contributed by atoms with van der Waals surface area (Å²) in [6.07, 6.45) is 7.68. The molecule has 0 bridgehead atoms. The fourth-order valence-corrected chi connectivity index (χ4v) is 2.06. The molecule has 1 heterocycles. The van der Waals surface area contributed by atoms with Crippen molar-refractivity contribution in [2.45, 2.75) is 38.1 Å². The van der Waals surface area contributed by atoms with Crippen LogP contribution in [0.5, 0.6) is 0 Å². The van der Waals surface area contributed by atoms with E-state index in [-0.39, 0.29) is 0 Å². The number of nitrogens with one attached hydrogen (secondary N) is 1. The van der Waals surface area contributed by atoms with Crippen LogP contribution < -0.4 is 11.1 Å². The lowest BCUT2D eigenvalue weighted by Crippen LogP contribution is -2.23. The van der Waals surface area contributed by atoms with E-state index in [9.17, 15) is 0 Å². The molecule has 0 aromatic carbocycles. The Kier molecular flexibility index (Phi) is 3.26. The Morgan fingerprint density at radius 2 is 2.00 bits per heavy atom. The summed E-state index contributed by atoms with van der Waals surface area (Å²) in [4.78, 5) is 7.92. The molecule has 0 amide bonds. The zero-order valence-electron chi connectivity index (χ0n) is 8.54. The van der Waals surface area contributed by atoms with Crippen LogP contribution in [-0.2, 0) is 0 Å². The minimum Gasteiger partial charge on any atom is -0.393 e. The molecule has 0 atom stereocenters. The molecule has 0 aliphatic heterocycles. The third-order valence-electron chi connectivity index (χ3n) is 2.78. The molecule has 1 aliphatic carbocycles. The number of aromatic nitrogens is 2. The molecule has 1 aliphatic rings. The summed E-state index contributed by atoms with van der Waals surface area (Å²) in [6, 6.07) is 0.479. The number of nitrogen functional groups attached to an aromatic ring is 1. The van der Waals surface area contributed by atoms with E-state index in [1.165, 1.54) is 38.4 Å². The molecule has 0 spiro atoms. The molecule has 1 aromatic heterocycles. The zero-order valence-corrected chi connectivity index (χ0v) is 9.30. The first-order valence-corrected chi connectivity index (χ1v) is 5.67. The minimum absolute atomic E-state index is 0.323. The van der Waals surface area contributed by atoms with Gasteiger partial charge in [-0.05, 0) is 12.8 Å². The molecule has 0 radical (unpaired) electrons. The van der Waals surface area contributed by atoms with Gasteiger partial charge in [0.05, 0.1) is 0 Å². The van der Waals surface area contributed by atoms with Crippen molar-refractivity contribution in [3.8, 4) is 0 Å². The maximum Gasteiger partial charge on any atom is 0.157 e. The highest BCUT2D eigenvalue weighted by atomic mass is 35.5. The van der Waals surface area contributed by atoms with Crippen LogP contribution in [0.15, 0.2) is 6.33 Å². The van der Waals surface area contributed by atoms with Crippen molar-refractivity contribution in [2.24, 2.45) is 0 Å². The number of nitrogens with two attached hydrogens (primary N) is 1. The monoisotopic (exact) mass is 226 g/mol. The lowest BCUT2D eigenvalue weighted by atomic mass is 9.95. The molecular formula is C10H15ClN4. The van der Waals surface area contributed by atoms with Crippen LogP contribution in [0, 0.1) is 0 Å². The van der Waals surface area contributed by atoms with Crippen LogP contribution in [-0.4, -0.2) is 16.0 Å². The smallest absolute Gasteiger partial charge is 0.157 e. The molecule has 4 nitrogen and oxygen atoms in total. The van der Waals surface area contributed by atoms with Gasteiger partial charge < -0.3 is 11.1 Å². The van der Waals surface area contributed by atoms with Gasteiger partial charge in [-0.1, -0.05) is 30.9 Å². The average Bonchev–Trinajstić information content (AvgIpc) is 2.26. The predicted octanol–water partition coefficient (Wildman–Crippen LogP) is 2.46. The largest absolute Gasteiger partial charge is 0.393 e. The first kappa shape index (κ1) is 10.5. The molecule has 82 valence electrons. The molecule has 5 heteroatoms. The Bertz CT molecular complexity index is 336. The maximum absolute atomic E-state index is 5.82. The van der Waals surface area contributed by atoms with Gasteiger partial charge in [-0.25, -0.2) is 9.97 Å². The van der Waals surface area contributed by atoms with Gasteiger partial charge in [0.25, 0.3) is 0 Å². The van der Waals surface area contributed by atoms with E-state index in [0.717, 1.165) is 0 Å². The Balaban J connectivity index is 2.06. The molecule has 1 fully saturated rings. The van der Waals surface area contributed by atoms with Crippen molar-refractivity contribution >= 4 is 23.1 Å². The van der Waals surface area contributed by atoms with Gasteiger partial charge in [-0.2, -0.15) is 0 Å². The Morgan fingerprint density at radius 3 is 2.73 bits per heavy atom. The number of anilines is 2. The SMILES string of the molecule is Nc1c(Cl)ncnc1NC1CCCCC1. The topological polar surface area (TPSA) is 63.8 Å². The molecule has 0 saturated heterocycles. The predicted molar refractivity (Wildman–Crippen MR) is 62.0 cm³/mol. The van der Waals surface area contributed by atoms with Gasteiger partial charge >= 0.3 is 0 Å². The number of nitrogens with zero attached hydrogens (tertiary/aromatic N) is 2. The van der Waals surface area contributed by atoms with E-state index in [4.69, 9.17) is 17.3 Å². The van der Waals surface area contributed by atoms with E-state index in [2.05, 4.69) is 15.3 Å². The molecule has 15 heavy (non-hydrogen) atoms. The van der Waals surface area contributed by atoms with Crippen LogP contribution in [0.2, 0.25) is 5.15 Å². The number of halogens is 1. The summed E-state index contributed by atoms with van der Waals surface area (Å²) in [5, 5.41) is 3.65. The molecule has 3 N–H and O–H groups in total. The van der Waals surface area contributed by atoms with Crippen molar-refractivity contribution in [2.75, 3.05) is 11.1 Å². The fourth-order valence-electron chi connectivity index (χ4n) is 1.93. The van der Waals surface area contributed by atoms with Gasteiger partial charge in [0.1, 0.15) is 12.0 Å². The van der Waals surface area contributed by atoms with Gasteiger partial charge in [0.15, 0.2) is 11.0 Å². The number of rotatable bonds is 2. The molecule has 1 aromatic rings. The summed E-state index contributed by atoms with van der Waals surface area (Å²) < 4.78 is 0. The van der Waals surface area contributed by atoms with E-state index in [1.54, 1.807) is 0 Å². The standard InChI is InChI=1S/C10H15ClN4/c11-9-8(12)10(14-6-13-9)15-7-4-2-1-3-5-7/h6-7H,1-5,12H2,(H,13,14,15). The first-order valence-electron chi connectivity index (χ1n) is 5.30. The van der Waals surface area contributed by atoms with Crippen LogP contribution in [0.4, 0.5) is 11.5 Å². The van der Waals surface area contributed by atoms with Crippen molar-refractivity contribution in [1.82, 2.24) is 9.97 Å². The minimum atomic E-state index is 0.323. The lowest BCUT2D eigenvalue weighted by molar-refractivity contribution is 0.462. The third-order valence-corrected chi connectivity index (χ3v) is 3.08. The summed E-state index contributed by atoms with van der Waals surface area (Å²) >= 11 is 5.82. The lowest BCUT2D eigenvalue weighted by Gasteiger charge is -2.23. The third kappa shape index (κ3) is 2.50. The average molecular weight is 227 g/mol. The normalized spacial score (nSPS) is 17.7. The molecule has 1 saturated carbocycles. The first-order chi connectivity index (χ1) is 7.27. The van der Waals surface area contributed by atoms with Crippen LogP contribution in [0.25, 0.3) is 0 Å². The summed E-state index contributed by atoms with van der Waals surface area (Å²) in [6.45, 7) is 0. The highest BCUT2D eigenvalue weighted by molar-refractivity contribution is 6.32. The second-order valence-electron chi connectivity index (χ2n) is 3.91. The summed E-state index contributed by atoms with van der Waals surface area (Å²) in [5.41, 5.74) is 6.23. The highest BCUT2D eigenvalue weighted by Crippen LogP contribution is 2.26. The second kappa shape index (κ2) is 4.66. The zero-order chi connectivity index (χ0) is 10.7. The van der Waals surface area contributed by atoms with Gasteiger partial charge in [-0.15, -0.1) is 0 Å². The molecular weight excluding hydrogens is 212 g/mol. The van der Waals surface area contributed by atoms with Crippen molar-refractivity contribution in [3.63, 3.8) is 0 Å². The van der Waals surface area contributed by atoms with Crippen molar-refractivity contribution in [1.29, 1.82) is 0 Å². The quantitative estimate of drug-likeness (QED) is 0.761. The van der Waals surface area contributed by atoms with Crippen LogP contribution in [0.1, 0.15) is 32.1 Å². The summed E-state index contributed by atoms with van der Waals surface area (Å²) in [5.74, 6) is 0.668. The fraction of sp³-hybridized carbons (Fsp3) is 0.600. The molecule has 0 unspecified atom stereocenters. The Labute approximate surface area is 94.2 Å². The van der Waals surface area contributed by atoms with Gasteiger partial charge in [0.2, 0.25) is 0 Å². The van der Waals surface area contributed by atoms with Gasteiger partial charge in [-0.3, -0.25) is 0 Å². The Hall–Kier alpha value is -1.03. The van der Waals surface area contributed by atoms with E-state index >= 15 is 0 Å². The Morgan fingerprint density at radius 1 is 1.27 bits per heavy atom. The summed E-state index contributed by atoms with van der Waals surface area (Å²) in [7, 11) is 0. The van der Waals surface area contributed by atoms with Crippen molar-refractivity contribution < 1.29 is 0 Å². The highest BCUT2D eigenvalue weighted by Gasteiger charge is 2.15. The van der Waals surface area contributed by atoms with Crippen molar-refractivity contribution in [3.05, 3.63) is 11.5 Å². The molecule has 2 rings (SSSR count). The van der Waals surface area contributed by atoms with Crippen LogP contribution >= 0.6 is 11.6 Å². The number of hydrogen-bond donors (Lipinski definition) is 2.